The highest BCUT2D eigenvalue weighted by molar-refractivity contribution is 6.30. The third-order valence-corrected chi connectivity index (χ3v) is 3.25. The third kappa shape index (κ3) is 2.84. The Hall–Kier alpha value is -1.68. The molecule has 0 saturated carbocycles. The highest BCUT2D eigenvalue weighted by Gasteiger charge is 2.09. The van der Waals surface area contributed by atoms with E-state index >= 15 is 0 Å². The summed E-state index contributed by atoms with van der Waals surface area (Å²) in [6.07, 6.45) is 3.58. The zero-order valence-corrected chi connectivity index (χ0v) is 12.0. The summed E-state index contributed by atoms with van der Waals surface area (Å²) >= 11 is 5.99. The van der Waals surface area contributed by atoms with Crippen LogP contribution in [0.4, 0.5) is 0 Å². The van der Waals surface area contributed by atoms with Crippen LogP contribution in [0.15, 0.2) is 35.4 Å². The number of benzene rings is 1. The minimum absolute atomic E-state index is 0.0305. The van der Waals surface area contributed by atoms with Crippen LogP contribution in [0, 0.1) is 0 Å². The summed E-state index contributed by atoms with van der Waals surface area (Å²) in [5.74, 6) is 0.730. The van der Waals surface area contributed by atoms with Gasteiger partial charge in [-0.05, 0) is 32.0 Å². The van der Waals surface area contributed by atoms with Crippen LogP contribution < -0.4 is 10.4 Å². The molecule has 1 aromatic heterocycles. The van der Waals surface area contributed by atoms with Crippen LogP contribution in [0.5, 0.6) is 5.75 Å². The van der Waals surface area contributed by atoms with Gasteiger partial charge in [0.2, 0.25) is 0 Å². The lowest BCUT2D eigenvalue weighted by atomic mass is 10.2. The maximum absolute atomic E-state index is 12.2. The van der Waals surface area contributed by atoms with Crippen LogP contribution in [0.3, 0.4) is 0 Å². The Morgan fingerprint density at radius 2 is 2.05 bits per heavy atom. The second-order valence-corrected chi connectivity index (χ2v) is 5.10. The first-order valence-corrected chi connectivity index (χ1v) is 6.50. The zero-order chi connectivity index (χ0) is 14.0. The van der Waals surface area contributed by atoms with E-state index in [1.807, 2.05) is 26.0 Å². The number of hydrogen-bond donors (Lipinski definition) is 0. The predicted octanol–water partition coefficient (Wildman–Crippen LogP) is 2.94. The summed E-state index contributed by atoms with van der Waals surface area (Å²) in [5.41, 5.74) is 0.857. The van der Waals surface area contributed by atoms with E-state index in [1.165, 1.54) is 0 Å². The minimum Gasteiger partial charge on any atom is -0.496 e. The van der Waals surface area contributed by atoms with E-state index in [1.54, 1.807) is 34.7 Å². The van der Waals surface area contributed by atoms with Crippen LogP contribution in [0.2, 0.25) is 5.02 Å². The lowest BCUT2D eigenvalue weighted by molar-refractivity contribution is 0.408. The second-order valence-electron chi connectivity index (χ2n) is 4.67. The average molecular weight is 281 g/mol. The molecule has 1 aromatic carbocycles. The molecule has 2 aromatic rings. The maximum Gasteiger partial charge on any atom is 0.328 e. The molecule has 0 atom stereocenters. The Morgan fingerprint density at radius 3 is 2.63 bits per heavy atom. The van der Waals surface area contributed by atoms with Gasteiger partial charge in [-0.1, -0.05) is 11.6 Å². The smallest absolute Gasteiger partial charge is 0.328 e. The average Bonchev–Trinajstić information content (AvgIpc) is 2.71. The molecule has 4 nitrogen and oxygen atoms in total. The molecular weight excluding hydrogens is 264 g/mol. The minimum atomic E-state index is -0.0305. The van der Waals surface area contributed by atoms with Crippen molar-refractivity contribution in [1.82, 2.24) is 9.13 Å². The van der Waals surface area contributed by atoms with E-state index in [0.29, 0.717) is 11.6 Å². The van der Waals surface area contributed by atoms with Gasteiger partial charge in [0.15, 0.2) is 0 Å². The van der Waals surface area contributed by atoms with Gasteiger partial charge in [-0.15, -0.1) is 0 Å². The van der Waals surface area contributed by atoms with Gasteiger partial charge in [0, 0.05) is 29.0 Å². The van der Waals surface area contributed by atoms with E-state index in [2.05, 4.69) is 0 Å². The molecule has 0 spiro atoms. The number of ether oxygens (including phenoxy) is 1. The lowest BCUT2D eigenvalue weighted by Gasteiger charge is -2.09. The van der Waals surface area contributed by atoms with E-state index in [-0.39, 0.29) is 11.7 Å². The van der Waals surface area contributed by atoms with Crippen molar-refractivity contribution in [3.8, 4) is 5.75 Å². The molecule has 2 rings (SSSR count). The first-order chi connectivity index (χ1) is 9.02. The van der Waals surface area contributed by atoms with E-state index < -0.39 is 0 Å². The molecule has 0 N–H and O–H groups in total. The topological polar surface area (TPSA) is 36.2 Å². The van der Waals surface area contributed by atoms with Gasteiger partial charge in [0.25, 0.3) is 0 Å². The molecule has 19 heavy (non-hydrogen) atoms. The van der Waals surface area contributed by atoms with E-state index in [4.69, 9.17) is 16.3 Å². The van der Waals surface area contributed by atoms with E-state index in [9.17, 15) is 4.79 Å². The van der Waals surface area contributed by atoms with Crippen molar-refractivity contribution in [3.05, 3.63) is 51.7 Å². The maximum atomic E-state index is 12.2. The van der Waals surface area contributed by atoms with Crippen LogP contribution in [-0.2, 0) is 6.54 Å². The van der Waals surface area contributed by atoms with E-state index in [0.717, 1.165) is 11.3 Å². The standard InChI is InChI=1S/C14H17ClN2O2/c1-10(2)17-7-6-16(14(17)18)9-11-8-12(15)4-5-13(11)19-3/h4-8,10H,9H2,1-3H3. The molecule has 0 saturated heterocycles. The molecule has 0 aliphatic rings. The van der Waals surface area contributed by atoms with Gasteiger partial charge < -0.3 is 4.74 Å². The van der Waals surface area contributed by atoms with Gasteiger partial charge in [-0.3, -0.25) is 9.13 Å². The molecule has 1 heterocycles. The van der Waals surface area contributed by atoms with Gasteiger partial charge in [-0.2, -0.15) is 0 Å². The fourth-order valence-corrected chi connectivity index (χ4v) is 2.19. The van der Waals surface area contributed by atoms with Crippen molar-refractivity contribution in [2.24, 2.45) is 0 Å². The number of rotatable bonds is 4. The quantitative estimate of drug-likeness (QED) is 0.863. The van der Waals surface area contributed by atoms with Gasteiger partial charge in [-0.25, -0.2) is 4.79 Å². The predicted molar refractivity (Wildman–Crippen MR) is 76.2 cm³/mol. The number of halogens is 1. The Bertz CT molecular complexity index is 629. The molecule has 102 valence electrons. The molecule has 0 aliphatic carbocycles. The molecule has 0 unspecified atom stereocenters. The van der Waals surface area contributed by atoms with Gasteiger partial charge in [0.1, 0.15) is 5.75 Å². The SMILES string of the molecule is COc1ccc(Cl)cc1Cn1ccn(C(C)C)c1=O. The fraction of sp³-hybridized carbons (Fsp3) is 0.357. The normalized spacial score (nSPS) is 11.0. The lowest BCUT2D eigenvalue weighted by Crippen LogP contribution is -2.25. The van der Waals surface area contributed by atoms with Crippen LogP contribution in [0.25, 0.3) is 0 Å². The molecule has 0 amide bonds. The fourth-order valence-electron chi connectivity index (χ4n) is 2.00. The van der Waals surface area contributed by atoms with Crippen LogP contribution in [0.1, 0.15) is 25.5 Å². The number of methoxy groups -OCH3 is 1. The summed E-state index contributed by atoms with van der Waals surface area (Å²) in [6.45, 7) is 4.40. The first-order valence-electron chi connectivity index (χ1n) is 6.12. The molecule has 0 radical (unpaired) electrons. The molecule has 0 fully saturated rings. The number of aromatic nitrogens is 2. The van der Waals surface area contributed by atoms with Crippen LogP contribution >= 0.6 is 11.6 Å². The number of nitrogens with zero attached hydrogens (tertiary/aromatic N) is 2. The number of hydrogen-bond acceptors (Lipinski definition) is 2. The summed E-state index contributed by atoms with van der Waals surface area (Å²) < 4.78 is 8.62. The van der Waals surface area contributed by atoms with Crippen molar-refractivity contribution in [3.63, 3.8) is 0 Å². The summed E-state index contributed by atoms with van der Waals surface area (Å²) in [6, 6.07) is 5.54. The summed E-state index contributed by atoms with van der Waals surface area (Å²) in [4.78, 5) is 12.2. The zero-order valence-electron chi connectivity index (χ0n) is 11.3. The van der Waals surface area contributed by atoms with Crippen LogP contribution in [-0.4, -0.2) is 16.2 Å². The third-order valence-electron chi connectivity index (χ3n) is 3.01. The monoisotopic (exact) mass is 280 g/mol. The number of imidazole rings is 1. The van der Waals surface area contributed by atoms with Crippen molar-refractivity contribution < 1.29 is 4.74 Å². The Kier molecular flexibility index (Phi) is 4.00. The second kappa shape index (κ2) is 5.53. The molecule has 5 heteroatoms. The highest BCUT2D eigenvalue weighted by Crippen LogP contribution is 2.23. The molecule has 0 bridgehead atoms. The Labute approximate surface area is 117 Å². The first kappa shape index (κ1) is 13.7. The summed E-state index contributed by atoms with van der Waals surface area (Å²) in [7, 11) is 1.61. The van der Waals surface area contributed by atoms with Gasteiger partial charge in [0.05, 0.1) is 13.7 Å². The van der Waals surface area contributed by atoms with Crippen molar-refractivity contribution >= 4 is 11.6 Å². The molecule has 0 aliphatic heterocycles. The summed E-state index contributed by atoms with van der Waals surface area (Å²) in [5, 5.41) is 0.632. The Morgan fingerprint density at radius 1 is 1.32 bits per heavy atom. The van der Waals surface area contributed by atoms with Crippen molar-refractivity contribution in [1.29, 1.82) is 0 Å². The largest absolute Gasteiger partial charge is 0.496 e. The molecular formula is C14H17ClN2O2. The van der Waals surface area contributed by atoms with Gasteiger partial charge >= 0.3 is 5.69 Å². The highest BCUT2D eigenvalue weighted by atomic mass is 35.5. The van der Waals surface area contributed by atoms with Crippen molar-refractivity contribution in [2.75, 3.05) is 7.11 Å². The van der Waals surface area contributed by atoms with Crippen molar-refractivity contribution in [2.45, 2.75) is 26.4 Å². The Balaban J connectivity index is 2.36.